The van der Waals surface area contributed by atoms with E-state index in [1.165, 1.54) is 0 Å². The van der Waals surface area contributed by atoms with Crippen LogP contribution in [-0.4, -0.2) is 58.7 Å². The summed E-state index contributed by atoms with van der Waals surface area (Å²) < 4.78 is 1.94. The predicted octanol–water partition coefficient (Wildman–Crippen LogP) is 2.99. The Kier molecular flexibility index (Phi) is 5.79. The number of likely N-dealkylation sites (N-methyl/N-ethyl adjacent to an activating group) is 1. The number of aromatic nitrogens is 2. The Hall–Kier alpha value is -2.11. The van der Waals surface area contributed by atoms with E-state index in [4.69, 9.17) is 11.6 Å². The molecule has 1 fully saturated rings. The van der Waals surface area contributed by atoms with Gasteiger partial charge in [-0.1, -0.05) is 29.8 Å². The van der Waals surface area contributed by atoms with Crippen LogP contribution in [0.5, 0.6) is 0 Å². The van der Waals surface area contributed by atoms with Crippen molar-refractivity contribution in [2.24, 2.45) is 0 Å². The molecular weight excluding hydrogens is 348 g/mol. The summed E-state index contributed by atoms with van der Waals surface area (Å²) in [6.45, 7) is 8.02. The highest BCUT2D eigenvalue weighted by atomic mass is 35.5. The van der Waals surface area contributed by atoms with Crippen LogP contribution in [0.2, 0.25) is 5.02 Å². The van der Waals surface area contributed by atoms with E-state index >= 15 is 0 Å². The van der Waals surface area contributed by atoms with Gasteiger partial charge in [0.2, 0.25) is 5.91 Å². The Bertz CT molecular complexity index is 819. The van der Waals surface area contributed by atoms with E-state index in [2.05, 4.69) is 17.0 Å². The van der Waals surface area contributed by atoms with Crippen molar-refractivity contribution in [3.8, 4) is 0 Å². The molecule has 6 heteroatoms. The van der Waals surface area contributed by atoms with E-state index in [1.807, 2.05) is 53.8 Å². The van der Waals surface area contributed by atoms with Gasteiger partial charge in [0.05, 0.1) is 12.2 Å². The molecule has 1 saturated heterocycles. The van der Waals surface area contributed by atoms with Gasteiger partial charge in [0.15, 0.2) is 0 Å². The SMILES string of the molecule is Cc1nn(Cc2ccccc2Cl)c(C)c1C=CC(=O)N1CCN(C)CC1. The summed E-state index contributed by atoms with van der Waals surface area (Å²) in [6.07, 6.45) is 3.56. The number of hydrogen-bond donors (Lipinski definition) is 0. The second kappa shape index (κ2) is 8.06. The molecule has 1 aliphatic heterocycles. The number of hydrogen-bond acceptors (Lipinski definition) is 3. The van der Waals surface area contributed by atoms with E-state index < -0.39 is 0 Å². The summed E-state index contributed by atoms with van der Waals surface area (Å²) in [5, 5.41) is 5.36. The maximum absolute atomic E-state index is 12.4. The van der Waals surface area contributed by atoms with Crippen molar-refractivity contribution in [1.29, 1.82) is 0 Å². The largest absolute Gasteiger partial charge is 0.337 e. The standard InChI is InChI=1S/C20H25ClN4O/c1-15-18(8-9-20(26)24-12-10-23(3)11-13-24)16(2)25(22-15)14-17-6-4-5-7-19(17)21/h4-9H,10-14H2,1-3H3. The number of halogens is 1. The zero-order valence-corrected chi connectivity index (χ0v) is 16.3. The van der Waals surface area contributed by atoms with Crippen molar-refractivity contribution >= 4 is 23.6 Å². The predicted molar refractivity (Wildman–Crippen MR) is 105 cm³/mol. The number of amides is 1. The van der Waals surface area contributed by atoms with Crippen molar-refractivity contribution in [3.63, 3.8) is 0 Å². The molecule has 0 unspecified atom stereocenters. The maximum Gasteiger partial charge on any atom is 0.246 e. The third kappa shape index (κ3) is 4.17. The summed E-state index contributed by atoms with van der Waals surface area (Å²) >= 11 is 6.26. The minimum absolute atomic E-state index is 0.0655. The van der Waals surface area contributed by atoms with Gasteiger partial charge in [0.25, 0.3) is 0 Å². The van der Waals surface area contributed by atoms with Gasteiger partial charge in [-0.2, -0.15) is 5.10 Å². The molecule has 0 aliphatic carbocycles. The first kappa shape index (κ1) is 18.7. The average molecular weight is 373 g/mol. The van der Waals surface area contributed by atoms with E-state index in [0.29, 0.717) is 6.54 Å². The van der Waals surface area contributed by atoms with Gasteiger partial charge in [0, 0.05) is 48.5 Å². The van der Waals surface area contributed by atoms with E-state index in [9.17, 15) is 4.79 Å². The van der Waals surface area contributed by atoms with Gasteiger partial charge in [-0.3, -0.25) is 9.48 Å². The molecular formula is C20H25ClN4O. The minimum atomic E-state index is 0.0655. The van der Waals surface area contributed by atoms with Crippen LogP contribution in [0.1, 0.15) is 22.5 Å². The summed E-state index contributed by atoms with van der Waals surface area (Å²) in [6, 6.07) is 7.79. The van der Waals surface area contributed by atoms with Crippen LogP contribution < -0.4 is 0 Å². The Morgan fingerprint density at radius 1 is 1.19 bits per heavy atom. The van der Waals surface area contributed by atoms with Crippen LogP contribution in [0.25, 0.3) is 6.08 Å². The fourth-order valence-electron chi connectivity index (χ4n) is 3.18. The molecule has 26 heavy (non-hydrogen) atoms. The fourth-order valence-corrected chi connectivity index (χ4v) is 3.38. The van der Waals surface area contributed by atoms with Gasteiger partial charge >= 0.3 is 0 Å². The Morgan fingerprint density at radius 3 is 2.58 bits per heavy atom. The quantitative estimate of drug-likeness (QED) is 0.775. The van der Waals surface area contributed by atoms with Crippen molar-refractivity contribution in [2.45, 2.75) is 20.4 Å². The van der Waals surface area contributed by atoms with Crippen LogP contribution in [0.4, 0.5) is 0 Å². The average Bonchev–Trinajstić information content (AvgIpc) is 2.89. The molecule has 1 aromatic carbocycles. The smallest absolute Gasteiger partial charge is 0.246 e. The van der Waals surface area contributed by atoms with Crippen LogP contribution in [0.15, 0.2) is 30.3 Å². The van der Waals surface area contributed by atoms with Crippen LogP contribution in [-0.2, 0) is 11.3 Å². The second-order valence-electron chi connectivity index (χ2n) is 6.80. The zero-order chi connectivity index (χ0) is 18.7. The highest BCUT2D eigenvalue weighted by molar-refractivity contribution is 6.31. The number of carbonyl (C=O) groups is 1. The molecule has 1 aromatic heterocycles. The van der Waals surface area contributed by atoms with Crippen molar-refractivity contribution in [3.05, 3.63) is 57.9 Å². The summed E-state index contributed by atoms with van der Waals surface area (Å²) in [7, 11) is 2.08. The van der Waals surface area contributed by atoms with E-state index in [-0.39, 0.29) is 5.91 Å². The summed E-state index contributed by atoms with van der Waals surface area (Å²) in [5.74, 6) is 0.0655. The third-order valence-corrected chi connectivity index (χ3v) is 5.29. The zero-order valence-electron chi connectivity index (χ0n) is 15.6. The lowest BCUT2D eigenvalue weighted by Gasteiger charge is -2.31. The van der Waals surface area contributed by atoms with E-state index in [1.54, 1.807) is 6.08 Å². The Morgan fingerprint density at radius 2 is 1.88 bits per heavy atom. The van der Waals surface area contributed by atoms with Crippen molar-refractivity contribution < 1.29 is 4.79 Å². The first-order valence-corrected chi connectivity index (χ1v) is 9.26. The highest BCUT2D eigenvalue weighted by Crippen LogP contribution is 2.20. The summed E-state index contributed by atoms with van der Waals surface area (Å²) in [5.41, 5.74) is 3.98. The number of nitrogens with zero attached hydrogens (tertiary/aromatic N) is 4. The van der Waals surface area contributed by atoms with Crippen molar-refractivity contribution in [2.75, 3.05) is 33.2 Å². The molecule has 3 rings (SSSR count). The molecule has 2 aromatic rings. The van der Waals surface area contributed by atoms with Crippen molar-refractivity contribution in [1.82, 2.24) is 19.6 Å². The third-order valence-electron chi connectivity index (χ3n) is 4.92. The lowest BCUT2D eigenvalue weighted by Crippen LogP contribution is -2.46. The molecule has 0 radical (unpaired) electrons. The Labute approximate surface area is 159 Å². The lowest BCUT2D eigenvalue weighted by atomic mass is 10.1. The normalized spacial score (nSPS) is 15.8. The molecule has 1 amide bonds. The van der Waals surface area contributed by atoms with Gasteiger partial charge in [-0.15, -0.1) is 0 Å². The maximum atomic E-state index is 12.4. The number of carbonyl (C=O) groups excluding carboxylic acids is 1. The van der Waals surface area contributed by atoms with Crippen LogP contribution >= 0.6 is 11.6 Å². The molecule has 2 heterocycles. The Balaban J connectivity index is 1.73. The topological polar surface area (TPSA) is 41.4 Å². The highest BCUT2D eigenvalue weighted by Gasteiger charge is 2.17. The first-order valence-electron chi connectivity index (χ1n) is 8.88. The molecule has 0 atom stereocenters. The number of piperazine rings is 1. The van der Waals surface area contributed by atoms with Gasteiger partial charge in [-0.25, -0.2) is 0 Å². The van der Waals surface area contributed by atoms with Gasteiger partial charge in [-0.05, 0) is 38.6 Å². The molecule has 0 saturated carbocycles. The molecule has 5 nitrogen and oxygen atoms in total. The molecule has 1 aliphatic rings. The lowest BCUT2D eigenvalue weighted by molar-refractivity contribution is -0.127. The minimum Gasteiger partial charge on any atom is -0.337 e. The molecule has 0 bridgehead atoms. The summed E-state index contributed by atoms with van der Waals surface area (Å²) in [4.78, 5) is 16.6. The molecule has 0 spiro atoms. The van der Waals surface area contributed by atoms with Crippen LogP contribution in [0.3, 0.4) is 0 Å². The molecule has 138 valence electrons. The number of aryl methyl sites for hydroxylation is 1. The monoisotopic (exact) mass is 372 g/mol. The second-order valence-corrected chi connectivity index (χ2v) is 7.20. The first-order chi connectivity index (χ1) is 12.5. The molecule has 0 N–H and O–H groups in total. The van der Waals surface area contributed by atoms with Gasteiger partial charge < -0.3 is 9.80 Å². The fraction of sp³-hybridized carbons (Fsp3) is 0.400. The number of benzene rings is 1. The van der Waals surface area contributed by atoms with Gasteiger partial charge in [0.1, 0.15) is 0 Å². The van der Waals surface area contributed by atoms with Crippen LogP contribution in [0, 0.1) is 13.8 Å². The number of rotatable bonds is 4. The van der Waals surface area contributed by atoms with E-state index in [0.717, 1.165) is 53.7 Å².